The summed E-state index contributed by atoms with van der Waals surface area (Å²) in [6, 6.07) is 15.1. The van der Waals surface area contributed by atoms with E-state index in [1.165, 1.54) is 4.90 Å². The number of aromatic nitrogens is 2. The minimum Gasteiger partial charge on any atom is -0.335 e. The topological polar surface area (TPSA) is 57.9 Å². The minimum atomic E-state index is -0.506. The van der Waals surface area contributed by atoms with Crippen molar-refractivity contribution in [2.45, 2.75) is 19.0 Å². The van der Waals surface area contributed by atoms with Crippen molar-refractivity contribution in [3.63, 3.8) is 0 Å². The van der Waals surface area contributed by atoms with Gasteiger partial charge in [0.25, 0.3) is 0 Å². The predicted octanol–water partition coefficient (Wildman–Crippen LogP) is 1.75. The maximum Gasteiger partial charge on any atom is 0.245 e. The van der Waals surface area contributed by atoms with Crippen LogP contribution >= 0.6 is 0 Å². The van der Waals surface area contributed by atoms with Crippen molar-refractivity contribution < 1.29 is 9.59 Å². The van der Waals surface area contributed by atoms with E-state index in [-0.39, 0.29) is 18.4 Å². The van der Waals surface area contributed by atoms with Crippen molar-refractivity contribution in [2.75, 3.05) is 13.6 Å². The summed E-state index contributed by atoms with van der Waals surface area (Å²) in [4.78, 5) is 33.2. The van der Waals surface area contributed by atoms with E-state index in [2.05, 4.69) is 4.98 Å². The van der Waals surface area contributed by atoms with Crippen LogP contribution in [0.25, 0.3) is 5.65 Å². The lowest BCUT2D eigenvalue weighted by Gasteiger charge is -2.38. The number of hydrogen-bond acceptors (Lipinski definition) is 3. The molecule has 1 aliphatic rings. The van der Waals surface area contributed by atoms with E-state index >= 15 is 0 Å². The number of nitrogens with zero attached hydrogens (tertiary/aromatic N) is 4. The number of hydrogen-bond donors (Lipinski definition) is 0. The number of carbonyl (C=O) groups excluding carboxylic acids is 2. The molecule has 0 radical (unpaired) electrons. The molecule has 0 spiro atoms. The molecule has 6 heteroatoms. The Morgan fingerprint density at radius 2 is 1.85 bits per heavy atom. The Bertz CT molecular complexity index is 918. The molecule has 4 rings (SSSR count). The van der Waals surface area contributed by atoms with Crippen LogP contribution in [0.3, 0.4) is 0 Å². The van der Waals surface area contributed by atoms with Gasteiger partial charge in [-0.2, -0.15) is 0 Å². The highest BCUT2D eigenvalue weighted by Crippen LogP contribution is 2.19. The normalized spacial score (nSPS) is 18.0. The lowest BCUT2D eigenvalue weighted by Crippen LogP contribution is -2.59. The smallest absolute Gasteiger partial charge is 0.245 e. The number of piperazine rings is 1. The fourth-order valence-electron chi connectivity index (χ4n) is 3.40. The van der Waals surface area contributed by atoms with Gasteiger partial charge in [0.2, 0.25) is 11.8 Å². The van der Waals surface area contributed by atoms with Gasteiger partial charge in [0.15, 0.2) is 0 Å². The quantitative estimate of drug-likeness (QED) is 0.722. The molecule has 1 atom stereocenters. The molecule has 3 heterocycles. The highest BCUT2D eigenvalue weighted by Gasteiger charge is 2.38. The van der Waals surface area contributed by atoms with Crippen molar-refractivity contribution >= 4 is 17.5 Å². The highest BCUT2D eigenvalue weighted by atomic mass is 16.2. The number of rotatable bonds is 4. The summed E-state index contributed by atoms with van der Waals surface area (Å²) in [5.41, 5.74) is 2.64. The van der Waals surface area contributed by atoms with Crippen LogP contribution in [0.15, 0.2) is 60.9 Å². The molecular weight excluding hydrogens is 328 g/mol. The molecule has 1 saturated heterocycles. The highest BCUT2D eigenvalue weighted by molar-refractivity contribution is 5.94. The minimum absolute atomic E-state index is 0.0304. The van der Waals surface area contributed by atoms with Gasteiger partial charge in [-0.1, -0.05) is 36.4 Å². The molecule has 0 bridgehead atoms. The van der Waals surface area contributed by atoms with Gasteiger partial charge in [-0.15, -0.1) is 0 Å². The number of imidazole rings is 1. The third-order valence-corrected chi connectivity index (χ3v) is 4.75. The Labute approximate surface area is 151 Å². The summed E-state index contributed by atoms with van der Waals surface area (Å²) in [5, 5.41) is 0. The molecule has 1 aromatic carbocycles. The SMILES string of the molecule is CN1CC(=O)N(Cc2cn3ccccc3n2)[C@@H](Cc2ccccc2)C1=O. The summed E-state index contributed by atoms with van der Waals surface area (Å²) < 4.78 is 1.92. The molecule has 132 valence electrons. The Morgan fingerprint density at radius 3 is 2.62 bits per heavy atom. The number of fused-ring (bicyclic) bond motifs is 1. The third-order valence-electron chi connectivity index (χ3n) is 4.75. The summed E-state index contributed by atoms with van der Waals surface area (Å²) in [5.74, 6) is -0.0812. The van der Waals surface area contributed by atoms with E-state index in [9.17, 15) is 9.59 Å². The second-order valence-electron chi connectivity index (χ2n) is 6.62. The Kier molecular flexibility index (Phi) is 4.16. The van der Waals surface area contributed by atoms with Gasteiger partial charge in [-0.25, -0.2) is 4.98 Å². The molecule has 26 heavy (non-hydrogen) atoms. The Hall–Kier alpha value is -3.15. The summed E-state index contributed by atoms with van der Waals surface area (Å²) in [6.45, 7) is 0.440. The van der Waals surface area contributed by atoms with E-state index in [4.69, 9.17) is 0 Å². The molecule has 0 unspecified atom stereocenters. The van der Waals surface area contributed by atoms with Gasteiger partial charge in [0, 0.05) is 25.9 Å². The monoisotopic (exact) mass is 348 g/mol. The Balaban J connectivity index is 1.63. The van der Waals surface area contributed by atoms with Crippen LogP contribution < -0.4 is 0 Å². The third kappa shape index (κ3) is 3.06. The zero-order chi connectivity index (χ0) is 18.1. The fourth-order valence-corrected chi connectivity index (χ4v) is 3.40. The zero-order valence-corrected chi connectivity index (χ0v) is 14.6. The van der Waals surface area contributed by atoms with Crippen LogP contribution in [-0.4, -0.2) is 50.6 Å². The molecule has 2 amide bonds. The molecule has 6 nitrogen and oxygen atoms in total. The lowest BCUT2D eigenvalue weighted by molar-refractivity contribution is -0.155. The molecule has 2 aromatic heterocycles. The Morgan fingerprint density at radius 1 is 1.08 bits per heavy atom. The van der Waals surface area contributed by atoms with E-state index in [1.807, 2.05) is 65.3 Å². The molecule has 0 saturated carbocycles. The van der Waals surface area contributed by atoms with Crippen LogP contribution in [0, 0.1) is 0 Å². The number of pyridine rings is 1. The van der Waals surface area contributed by atoms with E-state index in [1.54, 1.807) is 11.9 Å². The predicted molar refractivity (Wildman–Crippen MR) is 97.3 cm³/mol. The summed E-state index contributed by atoms with van der Waals surface area (Å²) in [7, 11) is 1.68. The average molecular weight is 348 g/mol. The summed E-state index contributed by atoms with van der Waals surface area (Å²) in [6.07, 6.45) is 4.33. The maximum atomic E-state index is 12.8. The number of benzene rings is 1. The summed E-state index contributed by atoms with van der Waals surface area (Å²) >= 11 is 0. The van der Waals surface area contributed by atoms with Gasteiger partial charge >= 0.3 is 0 Å². The molecule has 1 fully saturated rings. The zero-order valence-electron chi connectivity index (χ0n) is 14.6. The molecule has 3 aromatic rings. The van der Waals surface area contributed by atoms with Crippen LogP contribution in [0.4, 0.5) is 0 Å². The van der Waals surface area contributed by atoms with Crippen LogP contribution in [0.1, 0.15) is 11.3 Å². The van der Waals surface area contributed by atoms with E-state index < -0.39 is 6.04 Å². The van der Waals surface area contributed by atoms with Gasteiger partial charge in [-0.05, 0) is 17.7 Å². The molecule has 0 aliphatic carbocycles. The van der Waals surface area contributed by atoms with Crippen LogP contribution in [0.2, 0.25) is 0 Å². The van der Waals surface area contributed by atoms with Gasteiger partial charge in [0.1, 0.15) is 11.7 Å². The first-order valence-electron chi connectivity index (χ1n) is 8.63. The number of amides is 2. The molecule has 1 aliphatic heterocycles. The van der Waals surface area contributed by atoms with E-state index in [0.717, 1.165) is 16.9 Å². The molecule has 0 N–H and O–H groups in total. The van der Waals surface area contributed by atoms with Crippen molar-refractivity contribution in [3.8, 4) is 0 Å². The van der Waals surface area contributed by atoms with Crippen LogP contribution in [-0.2, 0) is 22.6 Å². The fraction of sp³-hybridized carbons (Fsp3) is 0.250. The lowest BCUT2D eigenvalue weighted by atomic mass is 10.0. The maximum absolute atomic E-state index is 12.8. The largest absolute Gasteiger partial charge is 0.335 e. The van der Waals surface area contributed by atoms with Crippen molar-refractivity contribution in [1.29, 1.82) is 0 Å². The van der Waals surface area contributed by atoms with E-state index in [0.29, 0.717) is 13.0 Å². The van der Waals surface area contributed by atoms with Gasteiger partial charge < -0.3 is 14.2 Å². The molecular formula is C20H20N4O2. The first-order valence-corrected chi connectivity index (χ1v) is 8.63. The first kappa shape index (κ1) is 16.3. The van der Waals surface area contributed by atoms with Crippen molar-refractivity contribution in [1.82, 2.24) is 19.2 Å². The second-order valence-corrected chi connectivity index (χ2v) is 6.62. The standard InChI is InChI=1S/C20H20N4O2/c1-22-14-19(25)24(13-16-12-23-10-6-5-9-18(23)21-16)17(20(22)26)11-15-7-3-2-4-8-15/h2-10,12,17H,11,13-14H2,1H3/t17-/m0/s1. The van der Waals surface area contributed by atoms with Gasteiger partial charge in [0.05, 0.1) is 18.8 Å². The van der Waals surface area contributed by atoms with Crippen molar-refractivity contribution in [3.05, 3.63) is 72.2 Å². The van der Waals surface area contributed by atoms with Crippen molar-refractivity contribution in [2.24, 2.45) is 0 Å². The second kappa shape index (κ2) is 6.63. The average Bonchev–Trinajstić information content (AvgIpc) is 3.06. The van der Waals surface area contributed by atoms with Crippen LogP contribution in [0.5, 0.6) is 0 Å². The number of carbonyl (C=O) groups is 2. The van der Waals surface area contributed by atoms with Gasteiger partial charge in [-0.3, -0.25) is 9.59 Å². The first-order chi connectivity index (χ1) is 12.6. The number of likely N-dealkylation sites (N-methyl/N-ethyl adjacent to an activating group) is 1.